The summed E-state index contributed by atoms with van der Waals surface area (Å²) < 4.78 is 30.1. The van der Waals surface area contributed by atoms with Gasteiger partial charge in [-0.25, -0.2) is 4.39 Å². The second-order valence-corrected chi connectivity index (χ2v) is 7.03. The standard InChI is InChI=1S/C23H27FN2O4/c1-17(27-3)26(2)21-6-4-19(5-7-21)16-29-22-12-20(24)13-23(14-22)30-25-15-18-8-10-28-11-9-18/h4-7,12-15,18H,1,8-11,16H2,2-3H3/b25-15-. The fraction of sp³-hybridized carbons (Fsp3) is 0.348. The summed E-state index contributed by atoms with van der Waals surface area (Å²) in [4.78, 5) is 7.18. The van der Waals surface area contributed by atoms with Crippen molar-refractivity contribution in [3.63, 3.8) is 0 Å². The van der Waals surface area contributed by atoms with Gasteiger partial charge < -0.3 is 23.9 Å². The number of anilines is 1. The maximum Gasteiger partial charge on any atom is 0.185 e. The van der Waals surface area contributed by atoms with Crippen LogP contribution >= 0.6 is 0 Å². The summed E-state index contributed by atoms with van der Waals surface area (Å²) in [6, 6.07) is 12.0. The quantitative estimate of drug-likeness (QED) is 0.337. The smallest absolute Gasteiger partial charge is 0.185 e. The molecule has 1 aliphatic heterocycles. The van der Waals surface area contributed by atoms with Gasteiger partial charge in [0.05, 0.1) is 7.11 Å². The maximum atomic E-state index is 13.9. The van der Waals surface area contributed by atoms with Crippen LogP contribution in [0.4, 0.5) is 10.1 Å². The molecule has 160 valence electrons. The Kier molecular flexibility index (Phi) is 7.68. The van der Waals surface area contributed by atoms with Gasteiger partial charge in [-0.05, 0) is 37.1 Å². The van der Waals surface area contributed by atoms with E-state index in [1.54, 1.807) is 19.4 Å². The Morgan fingerprint density at radius 2 is 1.90 bits per heavy atom. The van der Waals surface area contributed by atoms with Crippen LogP contribution in [0.15, 0.2) is 60.1 Å². The van der Waals surface area contributed by atoms with Gasteiger partial charge in [-0.15, -0.1) is 0 Å². The lowest BCUT2D eigenvalue weighted by Crippen LogP contribution is -2.16. The molecule has 3 rings (SSSR count). The van der Waals surface area contributed by atoms with Gasteiger partial charge in [-0.3, -0.25) is 0 Å². The molecule has 0 saturated carbocycles. The number of hydrogen-bond donors (Lipinski definition) is 0. The van der Waals surface area contributed by atoms with Crippen LogP contribution in [-0.4, -0.2) is 33.6 Å². The van der Waals surface area contributed by atoms with E-state index in [4.69, 9.17) is 19.0 Å². The van der Waals surface area contributed by atoms with Crippen molar-refractivity contribution in [1.29, 1.82) is 0 Å². The normalized spacial score (nSPS) is 14.5. The first-order valence-corrected chi connectivity index (χ1v) is 9.82. The summed E-state index contributed by atoms with van der Waals surface area (Å²) in [6.07, 6.45) is 3.59. The average molecular weight is 414 g/mol. The van der Waals surface area contributed by atoms with E-state index in [-0.39, 0.29) is 0 Å². The number of halogens is 1. The van der Waals surface area contributed by atoms with E-state index in [2.05, 4.69) is 11.7 Å². The predicted octanol–water partition coefficient (Wildman–Crippen LogP) is 4.75. The summed E-state index contributed by atoms with van der Waals surface area (Å²) in [7, 11) is 3.45. The number of hydrogen-bond acceptors (Lipinski definition) is 6. The van der Waals surface area contributed by atoms with Gasteiger partial charge in [0.25, 0.3) is 0 Å². The van der Waals surface area contributed by atoms with Crippen molar-refractivity contribution < 1.29 is 23.4 Å². The summed E-state index contributed by atoms with van der Waals surface area (Å²) in [5, 5.41) is 3.99. The van der Waals surface area contributed by atoms with Crippen LogP contribution in [0, 0.1) is 11.7 Å². The molecular formula is C23H27FN2O4. The van der Waals surface area contributed by atoms with E-state index in [1.165, 1.54) is 12.1 Å². The van der Waals surface area contributed by atoms with E-state index >= 15 is 0 Å². The van der Waals surface area contributed by atoms with Gasteiger partial charge in [0.15, 0.2) is 11.6 Å². The second kappa shape index (κ2) is 10.6. The Balaban J connectivity index is 1.56. The second-order valence-electron chi connectivity index (χ2n) is 7.03. The Morgan fingerprint density at radius 3 is 2.60 bits per heavy atom. The van der Waals surface area contributed by atoms with Crippen molar-refractivity contribution in [3.8, 4) is 11.5 Å². The molecule has 0 radical (unpaired) electrons. The van der Waals surface area contributed by atoms with Gasteiger partial charge in [-0.1, -0.05) is 17.3 Å². The molecule has 7 heteroatoms. The molecule has 0 bridgehead atoms. The first-order chi connectivity index (χ1) is 14.5. The number of ether oxygens (including phenoxy) is 3. The number of rotatable bonds is 9. The van der Waals surface area contributed by atoms with E-state index < -0.39 is 5.82 Å². The molecule has 2 aromatic carbocycles. The van der Waals surface area contributed by atoms with Crippen molar-refractivity contribution in [3.05, 3.63) is 66.3 Å². The largest absolute Gasteiger partial charge is 0.489 e. The Hall–Kier alpha value is -3.06. The minimum Gasteiger partial charge on any atom is -0.489 e. The van der Waals surface area contributed by atoms with Gasteiger partial charge in [0.2, 0.25) is 0 Å². The van der Waals surface area contributed by atoms with Gasteiger partial charge in [0, 0.05) is 56.3 Å². The average Bonchev–Trinajstić information content (AvgIpc) is 2.77. The third-order valence-corrected chi connectivity index (χ3v) is 4.88. The molecule has 6 nitrogen and oxygen atoms in total. The molecule has 0 unspecified atom stereocenters. The van der Waals surface area contributed by atoms with Crippen LogP contribution in [0.2, 0.25) is 0 Å². The third-order valence-electron chi connectivity index (χ3n) is 4.88. The summed E-state index contributed by atoms with van der Waals surface area (Å²) in [6.45, 7) is 5.58. The molecule has 1 fully saturated rings. The van der Waals surface area contributed by atoms with Crippen LogP contribution in [-0.2, 0) is 16.1 Å². The highest BCUT2D eigenvalue weighted by Crippen LogP contribution is 2.24. The molecule has 0 N–H and O–H groups in total. The topological polar surface area (TPSA) is 52.5 Å². The summed E-state index contributed by atoms with van der Waals surface area (Å²) >= 11 is 0. The molecule has 0 spiro atoms. The molecule has 1 saturated heterocycles. The van der Waals surface area contributed by atoms with Crippen molar-refractivity contribution in [2.45, 2.75) is 19.4 Å². The lowest BCUT2D eigenvalue weighted by molar-refractivity contribution is 0.0833. The molecular weight excluding hydrogens is 387 g/mol. The van der Waals surface area contributed by atoms with Crippen molar-refractivity contribution in [1.82, 2.24) is 0 Å². The third kappa shape index (κ3) is 6.22. The van der Waals surface area contributed by atoms with Gasteiger partial charge >= 0.3 is 0 Å². The van der Waals surface area contributed by atoms with Crippen molar-refractivity contribution in [2.24, 2.45) is 11.1 Å². The van der Waals surface area contributed by atoms with E-state index in [9.17, 15) is 4.39 Å². The molecule has 30 heavy (non-hydrogen) atoms. The molecule has 0 amide bonds. The van der Waals surface area contributed by atoms with Crippen LogP contribution in [0.3, 0.4) is 0 Å². The van der Waals surface area contributed by atoms with Crippen molar-refractivity contribution in [2.75, 3.05) is 32.3 Å². The van der Waals surface area contributed by atoms with Crippen molar-refractivity contribution >= 4 is 11.9 Å². The fourth-order valence-electron chi connectivity index (χ4n) is 2.98. The molecule has 0 atom stereocenters. The molecule has 2 aromatic rings. The summed E-state index contributed by atoms with van der Waals surface area (Å²) in [5.74, 6) is 1.10. The zero-order valence-electron chi connectivity index (χ0n) is 17.3. The van der Waals surface area contributed by atoms with Crippen LogP contribution in [0.1, 0.15) is 18.4 Å². The Labute approximate surface area is 176 Å². The number of benzene rings is 2. The zero-order valence-corrected chi connectivity index (χ0v) is 17.3. The lowest BCUT2D eigenvalue weighted by atomic mass is 10.0. The summed E-state index contributed by atoms with van der Waals surface area (Å²) in [5.41, 5.74) is 1.88. The minimum atomic E-state index is -0.446. The molecule has 1 aliphatic rings. The highest BCUT2D eigenvalue weighted by molar-refractivity contribution is 5.60. The minimum absolute atomic E-state index is 0.295. The number of methoxy groups -OCH3 is 1. The van der Waals surface area contributed by atoms with Gasteiger partial charge in [0.1, 0.15) is 18.2 Å². The van der Waals surface area contributed by atoms with E-state index in [0.29, 0.717) is 29.9 Å². The number of nitrogens with zero attached hydrogens (tertiary/aromatic N) is 2. The first kappa shape index (κ1) is 21.6. The molecule has 0 aromatic heterocycles. The first-order valence-electron chi connectivity index (χ1n) is 9.82. The lowest BCUT2D eigenvalue weighted by Gasteiger charge is -2.20. The zero-order chi connectivity index (χ0) is 21.3. The van der Waals surface area contributed by atoms with Gasteiger partial charge in [-0.2, -0.15) is 0 Å². The van der Waals surface area contributed by atoms with Crippen LogP contribution in [0.25, 0.3) is 0 Å². The predicted molar refractivity (Wildman–Crippen MR) is 114 cm³/mol. The maximum absolute atomic E-state index is 13.9. The van der Waals surface area contributed by atoms with E-state index in [1.807, 2.05) is 36.2 Å². The fourth-order valence-corrected chi connectivity index (χ4v) is 2.98. The highest BCUT2D eigenvalue weighted by Gasteiger charge is 2.11. The molecule has 1 heterocycles. The Bertz CT molecular complexity index is 864. The van der Waals surface area contributed by atoms with Crippen LogP contribution < -0.4 is 14.5 Å². The monoisotopic (exact) mass is 414 g/mol. The highest BCUT2D eigenvalue weighted by atomic mass is 19.1. The molecule has 0 aliphatic carbocycles. The SMILES string of the molecule is C=C(OC)N(C)c1ccc(COc2cc(F)cc(O/N=C\C3CCOCC3)c2)cc1. The van der Waals surface area contributed by atoms with E-state index in [0.717, 1.165) is 37.3 Å². The van der Waals surface area contributed by atoms with Crippen LogP contribution in [0.5, 0.6) is 11.5 Å². The number of oxime groups is 1. The Morgan fingerprint density at radius 1 is 1.20 bits per heavy atom.